The fraction of sp³-hybridized carbons (Fsp3) is 0.412. The van der Waals surface area contributed by atoms with Crippen LogP contribution in [0.4, 0.5) is 14.5 Å². The molecule has 0 radical (unpaired) electrons. The Bertz CT molecular complexity index is 947. The molecule has 1 aromatic heterocycles. The highest BCUT2D eigenvalue weighted by Crippen LogP contribution is 2.40. The molecule has 1 aromatic carbocycles. The number of rotatable bonds is 4. The third kappa shape index (κ3) is 2.39. The number of nitrogens with zero attached hydrogens (tertiary/aromatic N) is 2. The van der Waals surface area contributed by atoms with Crippen molar-refractivity contribution in [2.24, 2.45) is 11.7 Å². The molecule has 8 heteroatoms. The summed E-state index contributed by atoms with van der Waals surface area (Å²) in [5, 5.41) is 8.98. The average molecular weight is 349 g/mol. The van der Waals surface area contributed by atoms with Gasteiger partial charge in [-0.25, -0.2) is 13.6 Å². The number of fused-ring (bicyclic) bond motifs is 1. The summed E-state index contributed by atoms with van der Waals surface area (Å²) < 4.78 is 31.2. The van der Waals surface area contributed by atoms with Crippen LogP contribution in [0, 0.1) is 17.6 Å². The quantitative estimate of drug-likeness (QED) is 0.877. The van der Waals surface area contributed by atoms with Crippen molar-refractivity contribution in [2.75, 3.05) is 24.5 Å². The van der Waals surface area contributed by atoms with Gasteiger partial charge in [0.25, 0.3) is 0 Å². The maximum Gasteiger partial charge on any atom is 0.341 e. The van der Waals surface area contributed by atoms with Gasteiger partial charge >= 0.3 is 5.97 Å². The van der Waals surface area contributed by atoms with Crippen LogP contribution in [0.3, 0.4) is 0 Å². The number of hydrogen-bond donors (Lipinski definition) is 2. The van der Waals surface area contributed by atoms with Crippen LogP contribution in [0.25, 0.3) is 10.9 Å². The first-order valence-electron chi connectivity index (χ1n) is 8.17. The summed E-state index contributed by atoms with van der Waals surface area (Å²) >= 11 is 0. The molecule has 1 aliphatic heterocycles. The van der Waals surface area contributed by atoms with E-state index in [1.807, 2.05) is 0 Å². The standard InChI is InChI=1S/C17H17F2N3O3/c18-12-3-10-14(13(19)15(12)21-5-8(4-20)6-21)22(9-1-2-9)7-11(16(10)23)17(24)25/h3,7-9H,1-2,4-6,20H2,(H,24,25). The topological polar surface area (TPSA) is 88.6 Å². The summed E-state index contributed by atoms with van der Waals surface area (Å²) in [6, 6.07) is 0.888. The summed E-state index contributed by atoms with van der Waals surface area (Å²) in [5.74, 6) is -2.89. The van der Waals surface area contributed by atoms with Gasteiger partial charge in [0.1, 0.15) is 17.1 Å². The number of hydrogen-bond acceptors (Lipinski definition) is 4. The summed E-state index contributed by atoms with van der Waals surface area (Å²) in [6.07, 6.45) is 2.71. The summed E-state index contributed by atoms with van der Waals surface area (Å²) in [5.41, 5.74) is 4.02. The molecule has 0 amide bonds. The Morgan fingerprint density at radius 2 is 2.00 bits per heavy atom. The fourth-order valence-electron chi connectivity index (χ4n) is 3.42. The van der Waals surface area contributed by atoms with E-state index in [9.17, 15) is 19.1 Å². The lowest BCUT2D eigenvalue weighted by molar-refractivity contribution is 0.0695. The predicted molar refractivity (Wildman–Crippen MR) is 88.1 cm³/mol. The van der Waals surface area contributed by atoms with Crippen LogP contribution in [0.2, 0.25) is 0 Å². The monoisotopic (exact) mass is 349 g/mol. The van der Waals surface area contributed by atoms with Crippen LogP contribution in [0.1, 0.15) is 29.2 Å². The zero-order chi connectivity index (χ0) is 17.9. The number of aromatic nitrogens is 1. The van der Waals surface area contributed by atoms with Crippen LogP contribution in [-0.4, -0.2) is 35.3 Å². The molecule has 6 nitrogen and oxygen atoms in total. The van der Waals surface area contributed by atoms with Crippen molar-refractivity contribution in [1.82, 2.24) is 4.57 Å². The smallest absolute Gasteiger partial charge is 0.341 e. The Balaban J connectivity index is 1.97. The third-order valence-corrected chi connectivity index (χ3v) is 4.96. The van der Waals surface area contributed by atoms with Gasteiger partial charge in [0.15, 0.2) is 5.82 Å². The van der Waals surface area contributed by atoms with Crippen molar-refractivity contribution in [1.29, 1.82) is 0 Å². The molecule has 25 heavy (non-hydrogen) atoms. The molecule has 4 rings (SSSR count). The minimum atomic E-state index is -1.40. The second-order valence-corrected chi connectivity index (χ2v) is 6.74. The molecule has 132 valence electrons. The number of nitrogens with two attached hydrogens (primary N) is 1. The molecular weight excluding hydrogens is 332 g/mol. The van der Waals surface area contributed by atoms with Crippen LogP contribution >= 0.6 is 0 Å². The lowest BCUT2D eigenvalue weighted by Crippen LogP contribution is -2.50. The predicted octanol–water partition coefficient (Wildman–Crippen LogP) is 1.71. The van der Waals surface area contributed by atoms with Gasteiger partial charge in [-0.2, -0.15) is 0 Å². The first-order valence-corrected chi connectivity index (χ1v) is 8.17. The molecule has 3 N–H and O–H groups in total. The van der Waals surface area contributed by atoms with Gasteiger partial charge in [-0.1, -0.05) is 0 Å². The van der Waals surface area contributed by atoms with Gasteiger partial charge in [-0.05, 0) is 25.5 Å². The highest BCUT2D eigenvalue weighted by atomic mass is 19.1. The van der Waals surface area contributed by atoms with Gasteiger partial charge in [0, 0.05) is 31.2 Å². The van der Waals surface area contributed by atoms with Gasteiger partial charge in [0.2, 0.25) is 5.43 Å². The number of pyridine rings is 1. The third-order valence-electron chi connectivity index (χ3n) is 4.96. The van der Waals surface area contributed by atoms with Crippen LogP contribution < -0.4 is 16.1 Å². The molecule has 2 aromatic rings. The first kappa shape index (κ1) is 16.0. The SMILES string of the molecule is NCC1CN(c2c(F)cc3c(=O)c(C(=O)O)cn(C4CC4)c3c2F)C1. The highest BCUT2D eigenvalue weighted by molar-refractivity contribution is 5.94. The normalized spacial score (nSPS) is 17.8. The number of carbonyl (C=O) groups is 1. The highest BCUT2D eigenvalue weighted by Gasteiger charge is 2.34. The van der Waals surface area contributed by atoms with Crippen molar-refractivity contribution >= 4 is 22.6 Å². The number of benzene rings is 1. The second-order valence-electron chi connectivity index (χ2n) is 6.74. The summed E-state index contributed by atoms with van der Waals surface area (Å²) in [7, 11) is 0. The molecule has 0 spiro atoms. The summed E-state index contributed by atoms with van der Waals surface area (Å²) in [4.78, 5) is 25.2. The number of halogens is 2. The Morgan fingerprint density at radius 1 is 1.32 bits per heavy atom. The van der Waals surface area contributed by atoms with E-state index in [-0.39, 0.29) is 28.6 Å². The average Bonchev–Trinajstić information content (AvgIpc) is 3.34. The van der Waals surface area contributed by atoms with E-state index in [1.165, 1.54) is 10.8 Å². The number of aromatic carboxylic acids is 1. The Labute approximate surface area is 141 Å². The van der Waals surface area contributed by atoms with E-state index in [1.54, 1.807) is 4.90 Å². The molecule has 0 bridgehead atoms. The van der Waals surface area contributed by atoms with Gasteiger partial charge in [0.05, 0.1) is 10.9 Å². The fourth-order valence-corrected chi connectivity index (χ4v) is 3.42. The molecular formula is C17H17F2N3O3. The van der Waals surface area contributed by atoms with E-state index in [0.717, 1.165) is 18.9 Å². The molecule has 0 atom stereocenters. The Hall–Kier alpha value is -2.48. The zero-order valence-corrected chi connectivity index (χ0v) is 13.3. The van der Waals surface area contributed by atoms with Crippen LogP contribution in [0.5, 0.6) is 0 Å². The molecule has 0 unspecified atom stereocenters. The Morgan fingerprint density at radius 3 is 2.56 bits per heavy atom. The van der Waals surface area contributed by atoms with Crippen molar-refractivity contribution in [3.63, 3.8) is 0 Å². The first-order chi connectivity index (χ1) is 11.9. The molecule has 2 fully saturated rings. The largest absolute Gasteiger partial charge is 0.477 e. The van der Waals surface area contributed by atoms with Crippen LogP contribution in [0.15, 0.2) is 17.1 Å². The van der Waals surface area contributed by atoms with Crippen molar-refractivity contribution in [2.45, 2.75) is 18.9 Å². The van der Waals surface area contributed by atoms with E-state index >= 15 is 4.39 Å². The zero-order valence-electron chi connectivity index (χ0n) is 13.3. The molecule has 1 saturated carbocycles. The maximum atomic E-state index is 15.2. The minimum Gasteiger partial charge on any atom is -0.477 e. The minimum absolute atomic E-state index is 0.0231. The van der Waals surface area contributed by atoms with Crippen LogP contribution in [-0.2, 0) is 0 Å². The van der Waals surface area contributed by atoms with Crippen molar-refractivity contribution in [3.05, 3.63) is 39.7 Å². The summed E-state index contributed by atoms with van der Waals surface area (Å²) in [6.45, 7) is 1.36. The van der Waals surface area contributed by atoms with E-state index in [0.29, 0.717) is 19.6 Å². The van der Waals surface area contributed by atoms with Gasteiger partial charge in [-0.3, -0.25) is 4.79 Å². The molecule has 2 heterocycles. The van der Waals surface area contributed by atoms with Crippen molar-refractivity contribution < 1.29 is 18.7 Å². The lowest BCUT2D eigenvalue weighted by Gasteiger charge is -2.40. The number of carboxylic acid groups (broad SMARTS) is 1. The molecule has 2 aliphatic rings. The van der Waals surface area contributed by atoms with Crippen molar-refractivity contribution in [3.8, 4) is 0 Å². The van der Waals surface area contributed by atoms with E-state index in [4.69, 9.17) is 5.73 Å². The van der Waals surface area contributed by atoms with Gasteiger partial charge < -0.3 is 20.3 Å². The number of carboxylic acids is 1. The van der Waals surface area contributed by atoms with E-state index < -0.39 is 28.6 Å². The maximum absolute atomic E-state index is 15.2. The lowest BCUT2D eigenvalue weighted by atomic mass is 9.98. The number of anilines is 1. The molecule has 1 aliphatic carbocycles. The Kier molecular flexibility index (Phi) is 3.54. The molecule has 1 saturated heterocycles. The van der Waals surface area contributed by atoms with E-state index in [2.05, 4.69) is 0 Å². The van der Waals surface area contributed by atoms with Gasteiger partial charge in [-0.15, -0.1) is 0 Å². The second kappa shape index (κ2) is 5.52.